The molecule has 6 saturated carbocycles. The van der Waals surface area contributed by atoms with Gasteiger partial charge in [-0.2, -0.15) is 0 Å². The van der Waals surface area contributed by atoms with Gasteiger partial charge in [-0.15, -0.1) is 0 Å². The molecular formula is C20H32B2O4. The van der Waals surface area contributed by atoms with Crippen LogP contribution in [-0.2, 0) is 18.6 Å². The fourth-order valence-corrected chi connectivity index (χ4v) is 7.72. The first-order chi connectivity index (χ1) is 12.0. The largest absolute Gasteiger partial charge is 0.488 e. The van der Waals surface area contributed by atoms with E-state index >= 15 is 0 Å². The molecule has 4 nitrogen and oxygen atoms in total. The van der Waals surface area contributed by atoms with Crippen molar-refractivity contribution in [3.05, 3.63) is 0 Å². The Bertz CT molecular complexity index is 612. The zero-order chi connectivity index (χ0) is 18.3. The zero-order valence-electron chi connectivity index (χ0n) is 17.1. The summed E-state index contributed by atoms with van der Waals surface area (Å²) in [7, 11) is -0.745. The average Bonchev–Trinajstić information content (AvgIpc) is 3.10. The second-order valence-corrected chi connectivity index (χ2v) is 11.8. The smallest absolute Gasteiger partial charge is 0.407 e. The summed E-state index contributed by atoms with van der Waals surface area (Å²) < 4.78 is 26.1. The minimum atomic E-state index is -0.372. The van der Waals surface area contributed by atoms with E-state index in [1.165, 1.54) is 12.8 Å². The van der Waals surface area contributed by atoms with Crippen molar-refractivity contribution in [1.82, 2.24) is 0 Å². The molecule has 2 aliphatic heterocycles. The lowest BCUT2D eigenvalue weighted by molar-refractivity contribution is -0.185. The molecule has 2 saturated heterocycles. The van der Waals surface area contributed by atoms with Crippen LogP contribution >= 0.6 is 0 Å². The molecule has 0 amide bonds. The van der Waals surface area contributed by atoms with Crippen LogP contribution in [0.15, 0.2) is 0 Å². The average molecular weight is 358 g/mol. The molecule has 2 heterocycles. The van der Waals surface area contributed by atoms with E-state index in [1.54, 1.807) is 0 Å². The molecule has 8 aliphatic rings. The van der Waals surface area contributed by atoms with Crippen molar-refractivity contribution in [3.8, 4) is 0 Å². The quantitative estimate of drug-likeness (QED) is 0.673. The Labute approximate surface area is 158 Å². The van der Waals surface area contributed by atoms with Crippen LogP contribution in [0.4, 0.5) is 0 Å². The maximum Gasteiger partial charge on any atom is 0.488 e. The molecule has 6 aliphatic carbocycles. The van der Waals surface area contributed by atoms with Gasteiger partial charge in [0, 0.05) is 0 Å². The summed E-state index contributed by atoms with van der Waals surface area (Å²) >= 11 is 0. The first kappa shape index (κ1) is 16.9. The van der Waals surface area contributed by atoms with Gasteiger partial charge in [0.15, 0.2) is 0 Å². The van der Waals surface area contributed by atoms with E-state index in [2.05, 4.69) is 41.5 Å². The third kappa shape index (κ3) is 1.79. The lowest BCUT2D eigenvalue weighted by Crippen LogP contribution is -2.63. The summed E-state index contributed by atoms with van der Waals surface area (Å²) in [5.74, 6) is 2.72. The van der Waals surface area contributed by atoms with Crippen molar-refractivity contribution in [3.63, 3.8) is 0 Å². The topological polar surface area (TPSA) is 36.9 Å². The van der Waals surface area contributed by atoms with Crippen molar-refractivity contribution in [1.29, 1.82) is 0 Å². The van der Waals surface area contributed by atoms with Crippen molar-refractivity contribution in [2.24, 2.45) is 34.5 Å². The van der Waals surface area contributed by atoms with Crippen LogP contribution in [0.25, 0.3) is 0 Å². The molecule has 0 spiro atoms. The van der Waals surface area contributed by atoms with Crippen molar-refractivity contribution in [2.75, 3.05) is 0 Å². The van der Waals surface area contributed by atoms with E-state index in [0.717, 1.165) is 24.7 Å². The van der Waals surface area contributed by atoms with E-state index < -0.39 is 0 Å². The number of rotatable bonds is 1. The van der Waals surface area contributed by atoms with Gasteiger partial charge in [0.05, 0.1) is 23.4 Å². The number of hydrogen-bond donors (Lipinski definition) is 0. The maximum atomic E-state index is 6.52. The van der Waals surface area contributed by atoms with Gasteiger partial charge in [-0.1, -0.05) is 27.7 Å². The van der Waals surface area contributed by atoms with E-state index in [4.69, 9.17) is 18.6 Å². The highest BCUT2D eigenvalue weighted by Gasteiger charge is 2.72. The lowest BCUT2D eigenvalue weighted by atomic mass is 9.45. The van der Waals surface area contributed by atoms with Gasteiger partial charge >= 0.3 is 14.0 Å². The van der Waals surface area contributed by atoms with Crippen molar-refractivity contribution >= 4 is 14.0 Å². The van der Waals surface area contributed by atoms with Crippen LogP contribution < -0.4 is 0 Å². The Morgan fingerprint density at radius 1 is 0.654 bits per heavy atom. The fourth-order valence-electron chi connectivity index (χ4n) is 7.72. The van der Waals surface area contributed by atoms with Crippen molar-refractivity contribution in [2.45, 2.75) is 90.6 Å². The standard InChI is InChI=1S/C20H32B2O4/c1-17(2)11-7-13(17)15-19(5,9-11)25-21(23-15)22-24-16-14-8-12(18(14,3)4)10-20(16,6)26-22/h11-16H,7-10H2,1-6H3/t11-,12-,13+,14+,15-,16-,19+,20+/m1/s1. The summed E-state index contributed by atoms with van der Waals surface area (Å²) in [5, 5.41) is 0. The summed E-state index contributed by atoms with van der Waals surface area (Å²) in [6.07, 6.45) is 5.13. The Balaban J connectivity index is 1.23. The van der Waals surface area contributed by atoms with Crippen LogP contribution in [0.1, 0.15) is 67.2 Å². The maximum absolute atomic E-state index is 6.52. The van der Waals surface area contributed by atoms with Crippen LogP contribution in [0, 0.1) is 34.5 Å². The van der Waals surface area contributed by atoms with E-state index in [-0.39, 0.29) is 37.4 Å². The molecule has 4 bridgehead atoms. The van der Waals surface area contributed by atoms with Crippen molar-refractivity contribution < 1.29 is 18.6 Å². The Hall–Kier alpha value is -0.0301. The minimum absolute atomic E-state index is 0.170. The highest BCUT2D eigenvalue weighted by molar-refractivity contribution is 7.11. The lowest BCUT2D eigenvalue weighted by Gasteiger charge is -2.63. The molecule has 142 valence electrons. The van der Waals surface area contributed by atoms with Gasteiger partial charge in [0.1, 0.15) is 0 Å². The van der Waals surface area contributed by atoms with E-state index in [9.17, 15) is 0 Å². The molecule has 0 aromatic carbocycles. The predicted octanol–water partition coefficient (Wildman–Crippen LogP) is 3.52. The summed E-state index contributed by atoms with van der Waals surface area (Å²) in [4.78, 5) is 0. The highest BCUT2D eigenvalue weighted by Crippen LogP contribution is 2.66. The second-order valence-electron chi connectivity index (χ2n) is 11.8. The molecular weight excluding hydrogens is 326 g/mol. The molecule has 0 N–H and O–H groups in total. The Morgan fingerprint density at radius 2 is 1.04 bits per heavy atom. The molecule has 0 aromatic rings. The summed E-state index contributed by atoms with van der Waals surface area (Å²) in [6.45, 7) is 14.1. The number of hydrogen-bond acceptors (Lipinski definition) is 4. The highest BCUT2D eigenvalue weighted by atomic mass is 16.7. The molecule has 8 fully saturated rings. The van der Waals surface area contributed by atoms with E-state index in [1.807, 2.05) is 0 Å². The Kier molecular flexibility index (Phi) is 2.97. The summed E-state index contributed by atoms with van der Waals surface area (Å²) in [6, 6.07) is 0. The fraction of sp³-hybridized carbons (Fsp3) is 1.00. The van der Waals surface area contributed by atoms with Crippen LogP contribution in [0.5, 0.6) is 0 Å². The first-order valence-corrected chi connectivity index (χ1v) is 10.7. The molecule has 26 heavy (non-hydrogen) atoms. The third-order valence-electron chi connectivity index (χ3n) is 9.89. The van der Waals surface area contributed by atoms with Gasteiger partial charge in [-0.3, -0.25) is 0 Å². The molecule has 0 radical (unpaired) electrons. The zero-order valence-corrected chi connectivity index (χ0v) is 17.1. The molecule has 8 atom stereocenters. The van der Waals surface area contributed by atoms with Crippen LogP contribution in [0.3, 0.4) is 0 Å². The molecule has 0 unspecified atom stereocenters. The second kappa shape index (κ2) is 4.58. The predicted molar refractivity (Wildman–Crippen MR) is 100 cm³/mol. The van der Waals surface area contributed by atoms with Crippen LogP contribution in [0.2, 0.25) is 0 Å². The first-order valence-electron chi connectivity index (χ1n) is 10.7. The van der Waals surface area contributed by atoms with Gasteiger partial charge in [-0.05, 0) is 74.0 Å². The van der Waals surface area contributed by atoms with Gasteiger partial charge in [0.25, 0.3) is 0 Å². The minimum Gasteiger partial charge on any atom is -0.407 e. The Morgan fingerprint density at radius 3 is 1.38 bits per heavy atom. The SMILES string of the molecule is CC1(C)[C@@H]2C[C@H]1[C@H]1OB(B3O[C@@H]4[C@@H]5C[C@H](C[C@]4(C)O3)C5(C)C)O[C@@]1(C)C2. The molecule has 8 rings (SSSR count). The van der Waals surface area contributed by atoms with Gasteiger partial charge in [-0.25, -0.2) is 0 Å². The third-order valence-corrected chi connectivity index (χ3v) is 9.89. The monoisotopic (exact) mass is 358 g/mol. The summed E-state index contributed by atoms with van der Waals surface area (Å²) in [5.41, 5.74) is 0.420. The van der Waals surface area contributed by atoms with Crippen LogP contribution in [-0.4, -0.2) is 37.4 Å². The normalized spacial score (nSPS) is 57.9. The van der Waals surface area contributed by atoms with Gasteiger partial charge in [0.2, 0.25) is 0 Å². The van der Waals surface area contributed by atoms with E-state index in [0.29, 0.717) is 22.7 Å². The molecule has 6 heteroatoms. The molecule has 0 aromatic heterocycles. The van der Waals surface area contributed by atoms with Gasteiger partial charge < -0.3 is 18.6 Å².